The second-order valence-corrected chi connectivity index (χ2v) is 6.39. The van der Waals surface area contributed by atoms with E-state index in [4.69, 9.17) is 0 Å². The Morgan fingerprint density at radius 2 is 1.90 bits per heavy atom. The maximum atomic E-state index is 4.28. The summed E-state index contributed by atoms with van der Waals surface area (Å²) < 4.78 is 0. The molecule has 0 aromatic rings. The molecule has 20 heavy (non-hydrogen) atoms. The lowest BCUT2D eigenvalue weighted by Crippen LogP contribution is -2.09. The van der Waals surface area contributed by atoms with Gasteiger partial charge in [-0.15, -0.1) is 0 Å². The molecule has 0 heterocycles. The maximum Gasteiger partial charge on any atom is -0.00151 e. The van der Waals surface area contributed by atoms with Gasteiger partial charge in [-0.1, -0.05) is 76.5 Å². The van der Waals surface area contributed by atoms with Crippen LogP contribution in [0.15, 0.2) is 46.6 Å². The third-order valence-corrected chi connectivity index (χ3v) is 4.46. The van der Waals surface area contributed by atoms with Crippen LogP contribution < -0.4 is 0 Å². The predicted octanol–water partition coefficient (Wildman–Crippen LogP) is 6.62. The van der Waals surface area contributed by atoms with Crippen LogP contribution in [0.3, 0.4) is 0 Å². The van der Waals surface area contributed by atoms with Crippen LogP contribution in [-0.2, 0) is 0 Å². The SMILES string of the molecule is C=C(CC)C(C)C1=C(C(C)C)C(C)=CC(CCC)=CC1. The standard InChI is InChI=1S/C20H32/c1-8-10-18-11-12-19(17(7)15(5)9-2)20(14(3)4)16(6)13-18/h11,13-14,17H,5,8-10,12H2,1-4,6-7H3. The van der Waals surface area contributed by atoms with Gasteiger partial charge in [0.2, 0.25) is 0 Å². The molecule has 1 aliphatic carbocycles. The quantitative estimate of drug-likeness (QED) is 0.477. The van der Waals surface area contributed by atoms with Crippen LogP contribution >= 0.6 is 0 Å². The molecule has 1 aliphatic rings. The van der Waals surface area contributed by atoms with Crippen LogP contribution in [0.25, 0.3) is 0 Å². The Bertz CT molecular complexity index is 441. The van der Waals surface area contributed by atoms with Crippen LogP contribution in [0.2, 0.25) is 0 Å². The largest absolute Gasteiger partial charge is 0.0993 e. The van der Waals surface area contributed by atoms with Crippen LogP contribution in [0, 0.1) is 11.8 Å². The first kappa shape index (κ1) is 17.0. The van der Waals surface area contributed by atoms with Crippen LogP contribution in [0.4, 0.5) is 0 Å². The number of rotatable bonds is 6. The first-order valence-electron chi connectivity index (χ1n) is 8.20. The van der Waals surface area contributed by atoms with Crippen LogP contribution in [-0.4, -0.2) is 0 Å². The molecule has 0 aromatic heterocycles. The topological polar surface area (TPSA) is 0 Å². The lowest BCUT2D eigenvalue weighted by atomic mass is 9.81. The van der Waals surface area contributed by atoms with E-state index in [0.29, 0.717) is 11.8 Å². The minimum atomic E-state index is 0.498. The highest BCUT2D eigenvalue weighted by molar-refractivity contribution is 5.45. The Morgan fingerprint density at radius 1 is 1.25 bits per heavy atom. The van der Waals surface area contributed by atoms with E-state index in [2.05, 4.69) is 60.3 Å². The minimum absolute atomic E-state index is 0.498. The summed E-state index contributed by atoms with van der Waals surface area (Å²) in [7, 11) is 0. The molecular formula is C20H32. The summed E-state index contributed by atoms with van der Waals surface area (Å²) in [5.74, 6) is 1.08. The van der Waals surface area contributed by atoms with Crippen LogP contribution in [0.1, 0.15) is 67.2 Å². The second-order valence-electron chi connectivity index (χ2n) is 6.39. The molecule has 1 atom stereocenters. The Hall–Kier alpha value is -1.04. The molecule has 0 saturated heterocycles. The van der Waals surface area contributed by atoms with E-state index >= 15 is 0 Å². The summed E-state index contributed by atoms with van der Waals surface area (Å²) in [6, 6.07) is 0. The van der Waals surface area contributed by atoms with E-state index in [1.54, 1.807) is 11.1 Å². The number of allylic oxidation sites excluding steroid dienone is 7. The molecule has 0 fully saturated rings. The highest BCUT2D eigenvalue weighted by Crippen LogP contribution is 2.36. The van der Waals surface area contributed by atoms with Crippen molar-refractivity contribution in [3.63, 3.8) is 0 Å². The van der Waals surface area contributed by atoms with Crippen LogP contribution in [0.5, 0.6) is 0 Å². The zero-order valence-electron chi connectivity index (χ0n) is 14.3. The van der Waals surface area contributed by atoms with Crippen molar-refractivity contribution in [2.45, 2.75) is 67.2 Å². The van der Waals surface area contributed by atoms with Gasteiger partial charge in [0.25, 0.3) is 0 Å². The van der Waals surface area contributed by atoms with Gasteiger partial charge in [0.1, 0.15) is 0 Å². The van der Waals surface area contributed by atoms with Gasteiger partial charge in [-0.25, -0.2) is 0 Å². The molecule has 1 rings (SSSR count). The first-order valence-corrected chi connectivity index (χ1v) is 8.20. The van der Waals surface area contributed by atoms with E-state index in [-0.39, 0.29) is 0 Å². The molecule has 0 saturated carbocycles. The molecule has 112 valence electrons. The summed E-state index contributed by atoms with van der Waals surface area (Å²) in [6.45, 7) is 18.0. The van der Waals surface area contributed by atoms with Crippen molar-refractivity contribution in [2.75, 3.05) is 0 Å². The van der Waals surface area contributed by atoms with Gasteiger partial charge in [0.05, 0.1) is 0 Å². The lowest BCUT2D eigenvalue weighted by Gasteiger charge is -2.24. The van der Waals surface area contributed by atoms with Gasteiger partial charge < -0.3 is 0 Å². The Balaban J connectivity index is 3.24. The van der Waals surface area contributed by atoms with E-state index in [0.717, 1.165) is 12.8 Å². The number of hydrogen-bond acceptors (Lipinski definition) is 0. The Kier molecular flexibility index (Phi) is 6.52. The zero-order chi connectivity index (χ0) is 15.3. The van der Waals surface area contributed by atoms with Crippen molar-refractivity contribution in [3.8, 4) is 0 Å². The van der Waals surface area contributed by atoms with Crippen molar-refractivity contribution in [2.24, 2.45) is 11.8 Å². The molecule has 0 aliphatic heterocycles. The molecular weight excluding hydrogens is 240 g/mol. The fourth-order valence-corrected chi connectivity index (χ4v) is 3.27. The van der Waals surface area contributed by atoms with Gasteiger partial charge in [-0.05, 0) is 49.2 Å². The fraction of sp³-hybridized carbons (Fsp3) is 0.600. The molecule has 0 nitrogen and oxygen atoms in total. The van der Waals surface area contributed by atoms with Crippen molar-refractivity contribution in [1.82, 2.24) is 0 Å². The third-order valence-electron chi connectivity index (χ3n) is 4.46. The monoisotopic (exact) mass is 272 g/mol. The summed E-state index contributed by atoms with van der Waals surface area (Å²) in [4.78, 5) is 0. The van der Waals surface area contributed by atoms with Crippen molar-refractivity contribution < 1.29 is 0 Å². The molecule has 1 unspecified atom stereocenters. The maximum absolute atomic E-state index is 4.28. The first-order chi connectivity index (χ1) is 9.42. The Morgan fingerprint density at radius 3 is 2.40 bits per heavy atom. The molecule has 0 amide bonds. The highest BCUT2D eigenvalue weighted by atomic mass is 14.3. The van der Waals surface area contributed by atoms with Gasteiger partial charge >= 0.3 is 0 Å². The molecule has 0 bridgehead atoms. The van der Waals surface area contributed by atoms with Gasteiger partial charge in [-0.3, -0.25) is 0 Å². The smallest absolute Gasteiger partial charge is 0.00151 e. The molecule has 0 heteroatoms. The van der Waals surface area contributed by atoms with E-state index < -0.39 is 0 Å². The summed E-state index contributed by atoms with van der Waals surface area (Å²) >= 11 is 0. The normalized spacial score (nSPS) is 17.8. The van der Waals surface area contributed by atoms with Gasteiger partial charge in [-0.2, -0.15) is 0 Å². The lowest BCUT2D eigenvalue weighted by molar-refractivity contribution is 0.687. The van der Waals surface area contributed by atoms with Crippen molar-refractivity contribution >= 4 is 0 Å². The second kappa shape index (κ2) is 7.67. The van der Waals surface area contributed by atoms with Gasteiger partial charge in [0, 0.05) is 0 Å². The number of hydrogen-bond donors (Lipinski definition) is 0. The van der Waals surface area contributed by atoms with Crippen molar-refractivity contribution in [1.29, 1.82) is 0 Å². The van der Waals surface area contributed by atoms with E-state index in [1.165, 1.54) is 29.6 Å². The molecule has 0 radical (unpaired) electrons. The van der Waals surface area contributed by atoms with Gasteiger partial charge in [0.15, 0.2) is 0 Å². The average Bonchev–Trinajstić information content (AvgIpc) is 2.56. The molecule has 0 spiro atoms. The van der Waals surface area contributed by atoms with E-state index in [1.807, 2.05) is 0 Å². The summed E-state index contributed by atoms with van der Waals surface area (Å²) in [5.41, 5.74) is 7.48. The minimum Gasteiger partial charge on any atom is -0.0993 e. The summed E-state index contributed by atoms with van der Waals surface area (Å²) in [5, 5.41) is 0. The molecule has 0 N–H and O–H groups in total. The highest BCUT2D eigenvalue weighted by Gasteiger charge is 2.20. The molecule has 0 aromatic carbocycles. The van der Waals surface area contributed by atoms with E-state index in [9.17, 15) is 0 Å². The third kappa shape index (κ3) is 3.98. The fourth-order valence-electron chi connectivity index (χ4n) is 3.27. The Labute approximate surface area is 126 Å². The zero-order valence-corrected chi connectivity index (χ0v) is 14.3. The average molecular weight is 272 g/mol. The predicted molar refractivity (Wildman–Crippen MR) is 91.8 cm³/mol. The van der Waals surface area contributed by atoms with Crippen molar-refractivity contribution in [3.05, 3.63) is 46.6 Å². The summed E-state index contributed by atoms with van der Waals surface area (Å²) in [6.07, 6.45) is 9.43.